The molecule has 1 nitrogen and oxygen atoms in total. The van der Waals surface area contributed by atoms with Crippen LogP contribution in [-0.4, -0.2) is 0 Å². The summed E-state index contributed by atoms with van der Waals surface area (Å²) in [5.41, 5.74) is 0. The Hall–Kier alpha value is -1.03. The van der Waals surface area contributed by atoms with Crippen molar-refractivity contribution >= 4 is 0 Å². The molecule has 0 radical (unpaired) electrons. The standard InChI is InChI=1S/C28H47N/c1-2-3-7-12-25-16-20-27(21-17-25)14-9-10-15-28-22-18-26(19-23-28)13-8-5-4-6-11-24-29/h4-6,11,25-28H,2-3,7-10,12-23H2,1H3/b5-4+,11-6+. The fraction of sp³-hybridized carbons (Fsp3) is 0.821. The SMILES string of the molecule is CCCCCC1CCC(CCCCC2CCC(CC/C=C/C=C/C#N)CC2)CC1. The summed E-state index contributed by atoms with van der Waals surface area (Å²) in [6, 6.07) is 2.03. The molecule has 1 heteroatoms. The Morgan fingerprint density at radius 3 is 1.55 bits per heavy atom. The third-order valence-electron chi connectivity index (χ3n) is 7.78. The van der Waals surface area contributed by atoms with Crippen LogP contribution in [0.2, 0.25) is 0 Å². The van der Waals surface area contributed by atoms with Crippen molar-refractivity contribution in [1.82, 2.24) is 0 Å². The first-order valence-electron chi connectivity index (χ1n) is 13.0. The monoisotopic (exact) mass is 397 g/mol. The van der Waals surface area contributed by atoms with Crippen LogP contribution in [0.1, 0.15) is 122 Å². The van der Waals surface area contributed by atoms with Crippen LogP contribution in [-0.2, 0) is 0 Å². The van der Waals surface area contributed by atoms with Gasteiger partial charge >= 0.3 is 0 Å². The lowest BCUT2D eigenvalue weighted by Crippen LogP contribution is -2.15. The Labute approximate surface area is 182 Å². The number of allylic oxidation sites excluding steroid dienone is 4. The average molecular weight is 398 g/mol. The first kappa shape index (κ1) is 24.2. The van der Waals surface area contributed by atoms with Gasteiger partial charge in [0.05, 0.1) is 6.07 Å². The molecule has 29 heavy (non-hydrogen) atoms. The fourth-order valence-corrected chi connectivity index (χ4v) is 5.77. The van der Waals surface area contributed by atoms with Gasteiger partial charge in [-0.15, -0.1) is 0 Å². The molecule has 0 bridgehead atoms. The van der Waals surface area contributed by atoms with Crippen LogP contribution >= 0.6 is 0 Å². The largest absolute Gasteiger partial charge is 0.193 e. The first-order valence-corrected chi connectivity index (χ1v) is 13.0. The number of rotatable bonds is 13. The molecule has 2 saturated carbocycles. The van der Waals surface area contributed by atoms with Gasteiger partial charge in [0, 0.05) is 6.08 Å². The van der Waals surface area contributed by atoms with E-state index in [0.29, 0.717) is 0 Å². The van der Waals surface area contributed by atoms with E-state index < -0.39 is 0 Å². The summed E-state index contributed by atoms with van der Waals surface area (Å²) in [7, 11) is 0. The second-order valence-corrected chi connectivity index (χ2v) is 10.0. The molecule has 0 N–H and O–H groups in total. The molecule has 0 heterocycles. The molecule has 0 unspecified atom stereocenters. The zero-order valence-corrected chi connectivity index (χ0v) is 19.3. The zero-order chi connectivity index (χ0) is 20.6. The predicted molar refractivity (Wildman–Crippen MR) is 127 cm³/mol. The van der Waals surface area contributed by atoms with E-state index in [-0.39, 0.29) is 0 Å². The Morgan fingerprint density at radius 2 is 1.10 bits per heavy atom. The minimum atomic E-state index is 0.948. The molecule has 0 saturated heterocycles. The number of nitriles is 1. The van der Waals surface area contributed by atoms with E-state index in [1.54, 1.807) is 6.08 Å². The number of unbranched alkanes of at least 4 members (excludes halogenated alkanes) is 3. The van der Waals surface area contributed by atoms with Crippen LogP contribution in [0.25, 0.3) is 0 Å². The zero-order valence-electron chi connectivity index (χ0n) is 19.3. The first-order chi connectivity index (χ1) is 14.3. The fourth-order valence-electron chi connectivity index (χ4n) is 5.77. The van der Waals surface area contributed by atoms with Crippen LogP contribution in [0.4, 0.5) is 0 Å². The minimum absolute atomic E-state index is 0.948. The van der Waals surface area contributed by atoms with E-state index in [4.69, 9.17) is 5.26 Å². The van der Waals surface area contributed by atoms with Gasteiger partial charge in [-0.2, -0.15) is 5.26 Å². The minimum Gasteiger partial charge on any atom is -0.193 e. The summed E-state index contributed by atoms with van der Waals surface area (Å²) >= 11 is 0. The van der Waals surface area contributed by atoms with Crippen molar-refractivity contribution in [3.63, 3.8) is 0 Å². The quantitative estimate of drug-likeness (QED) is 0.173. The second-order valence-electron chi connectivity index (χ2n) is 10.0. The van der Waals surface area contributed by atoms with Gasteiger partial charge in [-0.25, -0.2) is 0 Å². The Kier molecular flexibility index (Phi) is 13.2. The van der Waals surface area contributed by atoms with Crippen molar-refractivity contribution in [2.24, 2.45) is 23.7 Å². The van der Waals surface area contributed by atoms with Crippen molar-refractivity contribution in [2.45, 2.75) is 122 Å². The second kappa shape index (κ2) is 15.8. The Morgan fingerprint density at radius 1 is 0.655 bits per heavy atom. The third-order valence-corrected chi connectivity index (χ3v) is 7.78. The van der Waals surface area contributed by atoms with E-state index in [9.17, 15) is 0 Å². The molecule has 2 rings (SSSR count). The van der Waals surface area contributed by atoms with Gasteiger partial charge < -0.3 is 0 Å². The average Bonchev–Trinajstić information content (AvgIpc) is 2.76. The third kappa shape index (κ3) is 11.1. The molecule has 0 spiro atoms. The lowest BCUT2D eigenvalue weighted by atomic mass is 9.76. The normalized spacial score (nSPS) is 28.1. The summed E-state index contributed by atoms with van der Waals surface area (Å²) < 4.78 is 0. The van der Waals surface area contributed by atoms with Crippen LogP contribution in [0.3, 0.4) is 0 Å². The van der Waals surface area contributed by atoms with E-state index in [1.165, 1.54) is 116 Å². The molecule has 0 amide bonds. The number of nitrogens with zero attached hydrogens (tertiary/aromatic N) is 1. The molecular weight excluding hydrogens is 350 g/mol. The van der Waals surface area contributed by atoms with E-state index in [2.05, 4.69) is 13.0 Å². The summed E-state index contributed by atoms with van der Waals surface area (Å²) in [6.07, 6.45) is 33.9. The maximum atomic E-state index is 8.47. The van der Waals surface area contributed by atoms with Crippen molar-refractivity contribution < 1.29 is 0 Å². The molecule has 0 aromatic rings. The van der Waals surface area contributed by atoms with Crippen molar-refractivity contribution in [2.75, 3.05) is 0 Å². The highest BCUT2D eigenvalue weighted by Gasteiger charge is 2.22. The van der Waals surface area contributed by atoms with Crippen molar-refractivity contribution in [3.05, 3.63) is 24.3 Å². The van der Waals surface area contributed by atoms with E-state index >= 15 is 0 Å². The number of hydrogen-bond donors (Lipinski definition) is 0. The summed E-state index contributed by atoms with van der Waals surface area (Å²) in [4.78, 5) is 0. The van der Waals surface area contributed by atoms with Gasteiger partial charge in [0.2, 0.25) is 0 Å². The van der Waals surface area contributed by atoms with Gasteiger partial charge in [0.15, 0.2) is 0 Å². The highest BCUT2D eigenvalue weighted by atomic mass is 14.3. The Bertz CT molecular complexity index is 481. The number of hydrogen-bond acceptors (Lipinski definition) is 1. The molecule has 0 atom stereocenters. The molecule has 0 aromatic heterocycles. The molecular formula is C28H47N. The van der Waals surface area contributed by atoms with Crippen molar-refractivity contribution in [1.29, 1.82) is 5.26 Å². The van der Waals surface area contributed by atoms with E-state index in [1.807, 2.05) is 18.2 Å². The Balaban J connectivity index is 1.44. The molecule has 2 aliphatic rings. The maximum Gasteiger partial charge on any atom is 0.0912 e. The highest BCUT2D eigenvalue weighted by molar-refractivity contribution is 5.11. The van der Waals surface area contributed by atoms with Gasteiger partial charge in [-0.05, 0) is 36.5 Å². The van der Waals surface area contributed by atoms with Crippen LogP contribution < -0.4 is 0 Å². The van der Waals surface area contributed by atoms with Crippen LogP contribution in [0, 0.1) is 35.0 Å². The lowest BCUT2D eigenvalue weighted by molar-refractivity contribution is 0.232. The van der Waals surface area contributed by atoms with Crippen LogP contribution in [0.5, 0.6) is 0 Å². The molecule has 0 aliphatic heterocycles. The van der Waals surface area contributed by atoms with Crippen LogP contribution in [0.15, 0.2) is 24.3 Å². The summed E-state index contributed by atoms with van der Waals surface area (Å²) in [5, 5.41) is 8.47. The van der Waals surface area contributed by atoms with Gasteiger partial charge in [0.25, 0.3) is 0 Å². The summed E-state index contributed by atoms with van der Waals surface area (Å²) in [5.74, 6) is 4.10. The predicted octanol–water partition coefficient (Wildman–Crippen LogP) is 9.16. The van der Waals surface area contributed by atoms with Gasteiger partial charge in [-0.3, -0.25) is 0 Å². The van der Waals surface area contributed by atoms with Gasteiger partial charge in [-0.1, -0.05) is 128 Å². The van der Waals surface area contributed by atoms with Crippen molar-refractivity contribution in [3.8, 4) is 6.07 Å². The highest BCUT2D eigenvalue weighted by Crippen LogP contribution is 2.36. The van der Waals surface area contributed by atoms with Gasteiger partial charge in [0.1, 0.15) is 0 Å². The molecule has 2 fully saturated rings. The smallest absolute Gasteiger partial charge is 0.0912 e. The molecule has 0 aromatic carbocycles. The topological polar surface area (TPSA) is 23.8 Å². The maximum absolute atomic E-state index is 8.47. The lowest BCUT2D eigenvalue weighted by Gasteiger charge is -2.30. The molecule has 2 aliphatic carbocycles. The molecule has 164 valence electrons. The van der Waals surface area contributed by atoms with E-state index in [0.717, 1.165) is 23.7 Å². The summed E-state index contributed by atoms with van der Waals surface area (Å²) in [6.45, 7) is 2.32.